The van der Waals surface area contributed by atoms with Crippen LogP contribution in [0.5, 0.6) is 5.75 Å². The van der Waals surface area contributed by atoms with Crippen LogP contribution in [0.15, 0.2) is 18.2 Å². The van der Waals surface area contributed by atoms with Crippen LogP contribution in [0.3, 0.4) is 0 Å². The van der Waals surface area contributed by atoms with Crippen LogP contribution < -0.4 is 0 Å². The van der Waals surface area contributed by atoms with Crippen molar-refractivity contribution in [2.45, 2.75) is 37.5 Å². The molecule has 1 aromatic carbocycles. The van der Waals surface area contributed by atoms with Crippen molar-refractivity contribution in [1.29, 1.82) is 0 Å². The quantitative estimate of drug-likeness (QED) is 0.799. The van der Waals surface area contributed by atoms with Gasteiger partial charge >= 0.3 is 6.18 Å². The first-order chi connectivity index (χ1) is 7.83. The molecule has 0 unspecified atom stereocenters. The van der Waals surface area contributed by atoms with E-state index in [0.29, 0.717) is 18.9 Å². The lowest BCUT2D eigenvalue weighted by Gasteiger charge is -2.24. The van der Waals surface area contributed by atoms with Crippen molar-refractivity contribution in [2.24, 2.45) is 0 Å². The number of phenolic OH excluding ortho intramolecular Hbond substituents is 1. The summed E-state index contributed by atoms with van der Waals surface area (Å²) in [5.74, 6) is -0.482. The molecule has 1 aromatic rings. The molecule has 1 fully saturated rings. The van der Waals surface area contributed by atoms with Gasteiger partial charge in [0.2, 0.25) is 0 Å². The van der Waals surface area contributed by atoms with Gasteiger partial charge in [0.15, 0.2) is 0 Å². The smallest absolute Gasteiger partial charge is 0.416 e. The molecule has 0 atom stereocenters. The minimum Gasteiger partial charge on any atom is -0.508 e. The molecular formula is C12H13F3O2. The predicted molar refractivity (Wildman–Crippen MR) is 55.5 cm³/mol. The first-order valence-electron chi connectivity index (χ1n) is 5.46. The Hall–Kier alpha value is -1.23. The Morgan fingerprint density at radius 3 is 2.18 bits per heavy atom. The van der Waals surface area contributed by atoms with Crippen LogP contribution in [-0.4, -0.2) is 10.2 Å². The summed E-state index contributed by atoms with van der Waals surface area (Å²) in [6.07, 6.45) is -1.89. The minimum atomic E-state index is -4.48. The minimum absolute atomic E-state index is 0.197. The predicted octanol–water partition coefficient (Wildman–Crippen LogP) is 3.17. The number of aliphatic hydroxyl groups is 1. The van der Waals surface area contributed by atoms with Crippen LogP contribution >= 0.6 is 0 Å². The number of hydrogen-bond donors (Lipinski definition) is 2. The maximum Gasteiger partial charge on any atom is 0.416 e. The van der Waals surface area contributed by atoms with Crippen LogP contribution in [0.2, 0.25) is 0 Å². The molecule has 0 aliphatic heterocycles. The van der Waals surface area contributed by atoms with E-state index in [1.54, 1.807) is 0 Å². The standard InChI is InChI=1S/C12H13F3O2/c13-12(14,15)8-3-4-9(10(16)7-8)11(17)5-1-2-6-11/h3-4,7,16-17H,1-2,5-6H2. The van der Waals surface area contributed by atoms with Crippen molar-refractivity contribution in [2.75, 3.05) is 0 Å². The van der Waals surface area contributed by atoms with Crippen molar-refractivity contribution in [3.05, 3.63) is 29.3 Å². The second-order valence-corrected chi connectivity index (χ2v) is 4.47. The molecule has 0 bridgehead atoms. The van der Waals surface area contributed by atoms with Crippen LogP contribution in [0.1, 0.15) is 36.8 Å². The van der Waals surface area contributed by atoms with Crippen molar-refractivity contribution in [1.82, 2.24) is 0 Å². The normalized spacial score (nSPS) is 19.5. The van der Waals surface area contributed by atoms with Gasteiger partial charge in [-0.25, -0.2) is 0 Å². The van der Waals surface area contributed by atoms with E-state index in [2.05, 4.69) is 0 Å². The fourth-order valence-electron chi connectivity index (χ4n) is 2.33. The Balaban J connectivity index is 2.38. The molecule has 1 aliphatic rings. The molecule has 2 rings (SSSR count). The van der Waals surface area contributed by atoms with Gasteiger partial charge in [0.25, 0.3) is 0 Å². The Morgan fingerprint density at radius 2 is 1.71 bits per heavy atom. The fraction of sp³-hybridized carbons (Fsp3) is 0.500. The number of aromatic hydroxyl groups is 1. The summed E-state index contributed by atoms with van der Waals surface area (Å²) in [5, 5.41) is 19.8. The monoisotopic (exact) mass is 246 g/mol. The average molecular weight is 246 g/mol. The lowest BCUT2D eigenvalue weighted by atomic mass is 9.90. The van der Waals surface area contributed by atoms with E-state index in [1.807, 2.05) is 0 Å². The van der Waals surface area contributed by atoms with Gasteiger partial charge in [0, 0.05) is 5.56 Å². The molecule has 5 heteroatoms. The largest absolute Gasteiger partial charge is 0.508 e. The Morgan fingerprint density at radius 1 is 1.12 bits per heavy atom. The highest BCUT2D eigenvalue weighted by atomic mass is 19.4. The number of halogens is 3. The summed E-state index contributed by atoms with van der Waals surface area (Å²) in [7, 11) is 0. The molecule has 17 heavy (non-hydrogen) atoms. The Labute approximate surface area is 96.7 Å². The van der Waals surface area contributed by atoms with Gasteiger partial charge in [-0.1, -0.05) is 18.9 Å². The zero-order chi connectivity index (χ0) is 12.7. The Kier molecular flexibility index (Phi) is 2.81. The van der Waals surface area contributed by atoms with Crippen molar-refractivity contribution < 1.29 is 23.4 Å². The molecule has 0 aromatic heterocycles. The van der Waals surface area contributed by atoms with Crippen molar-refractivity contribution >= 4 is 0 Å². The molecule has 0 amide bonds. The summed E-state index contributed by atoms with van der Waals surface area (Å²) in [6, 6.07) is 2.74. The average Bonchev–Trinajstić information content (AvgIpc) is 2.64. The van der Waals surface area contributed by atoms with E-state index >= 15 is 0 Å². The SMILES string of the molecule is Oc1cc(C(F)(F)F)ccc1C1(O)CCCC1. The highest BCUT2D eigenvalue weighted by Crippen LogP contribution is 2.43. The molecule has 0 radical (unpaired) electrons. The van der Waals surface area contributed by atoms with E-state index in [9.17, 15) is 23.4 Å². The van der Waals surface area contributed by atoms with Gasteiger partial charge in [-0.15, -0.1) is 0 Å². The summed E-state index contributed by atoms with van der Waals surface area (Å²) < 4.78 is 37.2. The van der Waals surface area contributed by atoms with Gasteiger partial charge in [-0.3, -0.25) is 0 Å². The molecular weight excluding hydrogens is 233 g/mol. The zero-order valence-electron chi connectivity index (χ0n) is 9.09. The molecule has 2 nitrogen and oxygen atoms in total. The maximum absolute atomic E-state index is 12.4. The van der Waals surface area contributed by atoms with E-state index in [1.165, 1.54) is 6.07 Å². The number of phenols is 1. The molecule has 0 spiro atoms. The van der Waals surface area contributed by atoms with Gasteiger partial charge in [-0.2, -0.15) is 13.2 Å². The highest BCUT2D eigenvalue weighted by molar-refractivity contribution is 5.41. The maximum atomic E-state index is 12.4. The van der Waals surface area contributed by atoms with E-state index in [0.717, 1.165) is 18.9 Å². The summed E-state index contributed by atoms with van der Waals surface area (Å²) in [5.41, 5.74) is -1.88. The molecule has 1 aliphatic carbocycles. The van der Waals surface area contributed by atoms with Crippen LogP contribution in [0.4, 0.5) is 13.2 Å². The summed E-state index contributed by atoms with van der Waals surface area (Å²) >= 11 is 0. The Bertz CT molecular complexity index is 420. The molecule has 2 N–H and O–H groups in total. The second-order valence-electron chi connectivity index (χ2n) is 4.47. The number of rotatable bonds is 1. The molecule has 94 valence electrons. The third-order valence-corrected chi connectivity index (χ3v) is 3.26. The van der Waals surface area contributed by atoms with Gasteiger partial charge in [0.1, 0.15) is 5.75 Å². The number of hydrogen-bond acceptors (Lipinski definition) is 2. The third kappa shape index (κ3) is 2.24. The number of alkyl halides is 3. The fourth-order valence-corrected chi connectivity index (χ4v) is 2.33. The molecule has 0 heterocycles. The first kappa shape index (κ1) is 12.2. The zero-order valence-corrected chi connectivity index (χ0v) is 9.09. The third-order valence-electron chi connectivity index (χ3n) is 3.26. The van der Waals surface area contributed by atoms with Gasteiger partial charge in [-0.05, 0) is 25.0 Å². The first-order valence-corrected chi connectivity index (χ1v) is 5.46. The van der Waals surface area contributed by atoms with Gasteiger partial charge < -0.3 is 10.2 Å². The topological polar surface area (TPSA) is 40.5 Å². The van der Waals surface area contributed by atoms with Crippen LogP contribution in [0.25, 0.3) is 0 Å². The molecule has 0 saturated heterocycles. The van der Waals surface area contributed by atoms with E-state index < -0.39 is 23.1 Å². The van der Waals surface area contributed by atoms with Crippen LogP contribution in [0, 0.1) is 0 Å². The highest BCUT2D eigenvalue weighted by Gasteiger charge is 2.37. The van der Waals surface area contributed by atoms with E-state index in [-0.39, 0.29) is 5.56 Å². The van der Waals surface area contributed by atoms with Crippen molar-refractivity contribution in [3.63, 3.8) is 0 Å². The summed E-state index contributed by atoms with van der Waals surface area (Å²) in [6.45, 7) is 0. The lowest BCUT2D eigenvalue weighted by molar-refractivity contribution is -0.137. The number of benzene rings is 1. The molecule has 1 saturated carbocycles. The van der Waals surface area contributed by atoms with Gasteiger partial charge in [0.05, 0.1) is 11.2 Å². The van der Waals surface area contributed by atoms with Crippen molar-refractivity contribution in [3.8, 4) is 5.75 Å². The summed E-state index contributed by atoms with van der Waals surface area (Å²) in [4.78, 5) is 0. The van der Waals surface area contributed by atoms with Crippen LogP contribution in [-0.2, 0) is 11.8 Å². The second kappa shape index (κ2) is 3.91. The van der Waals surface area contributed by atoms with E-state index in [4.69, 9.17) is 0 Å². The lowest BCUT2D eigenvalue weighted by Crippen LogP contribution is -2.21.